The summed E-state index contributed by atoms with van der Waals surface area (Å²) in [6, 6.07) is 20.4. The second kappa shape index (κ2) is 11.5. The van der Waals surface area contributed by atoms with E-state index >= 15 is 0 Å². The maximum absolute atomic E-state index is 14.0. The van der Waals surface area contributed by atoms with Crippen molar-refractivity contribution >= 4 is 56.5 Å². The van der Waals surface area contributed by atoms with E-state index in [1.165, 1.54) is 5.56 Å². The number of anilines is 1. The number of hydrogen-bond donors (Lipinski definition) is 0. The van der Waals surface area contributed by atoms with Crippen LogP contribution >= 0.6 is 15.9 Å². The maximum Gasteiger partial charge on any atom is 0.255 e. The summed E-state index contributed by atoms with van der Waals surface area (Å²) in [5.41, 5.74) is 4.75. The van der Waals surface area contributed by atoms with Gasteiger partial charge >= 0.3 is 0 Å². The molecule has 0 bridgehead atoms. The number of benzene rings is 3. The van der Waals surface area contributed by atoms with Gasteiger partial charge in [-0.25, -0.2) is 4.98 Å². The van der Waals surface area contributed by atoms with Gasteiger partial charge in [-0.1, -0.05) is 51.8 Å². The predicted octanol–water partition coefficient (Wildman–Crippen LogP) is 6.37. The second-order valence-corrected chi connectivity index (χ2v) is 10.7. The Bertz CT molecular complexity index is 1610. The fraction of sp³-hybridized carbons (Fsp3) is 0.219. The first-order chi connectivity index (χ1) is 19.3. The summed E-state index contributed by atoms with van der Waals surface area (Å²) in [5, 5.41) is 0.721. The molecule has 40 heavy (non-hydrogen) atoms. The van der Waals surface area contributed by atoms with Crippen LogP contribution in [0.15, 0.2) is 71.2 Å². The average Bonchev–Trinajstić information content (AvgIpc) is 3.35. The van der Waals surface area contributed by atoms with Crippen LogP contribution in [0.25, 0.3) is 23.1 Å². The van der Waals surface area contributed by atoms with Gasteiger partial charge in [0.2, 0.25) is 5.91 Å². The molecule has 5 rings (SSSR count). The number of nitrogens with zero attached hydrogens (tertiary/aromatic N) is 3. The highest BCUT2D eigenvalue weighted by Gasteiger charge is 2.38. The van der Waals surface area contributed by atoms with Crippen molar-refractivity contribution in [2.45, 2.75) is 19.4 Å². The molecule has 1 atom stereocenters. The minimum Gasteiger partial charge on any atom is -0.497 e. The quantitative estimate of drug-likeness (QED) is 0.247. The van der Waals surface area contributed by atoms with Crippen LogP contribution in [0.4, 0.5) is 5.69 Å². The van der Waals surface area contributed by atoms with Gasteiger partial charge in [0, 0.05) is 41.7 Å². The second-order valence-electron chi connectivity index (χ2n) is 9.78. The molecular weight excluding hydrogens is 570 g/mol. The van der Waals surface area contributed by atoms with Gasteiger partial charge in [0.05, 0.1) is 36.7 Å². The molecule has 1 aliphatic rings. The Morgan fingerprint density at radius 3 is 2.48 bits per heavy atom. The van der Waals surface area contributed by atoms with E-state index in [4.69, 9.17) is 14.5 Å². The number of carbonyl (C=O) groups is 2. The maximum atomic E-state index is 14.0. The van der Waals surface area contributed by atoms with E-state index in [0.29, 0.717) is 46.9 Å². The lowest BCUT2D eigenvalue weighted by molar-refractivity contribution is -0.120. The molecule has 7 nitrogen and oxygen atoms in total. The van der Waals surface area contributed by atoms with E-state index in [1.807, 2.05) is 55.5 Å². The number of aromatic nitrogens is 1. The highest BCUT2D eigenvalue weighted by atomic mass is 79.9. The number of pyridine rings is 1. The van der Waals surface area contributed by atoms with Gasteiger partial charge in [-0.2, -0.15) is 0 Å². The van der Waals surface area contributed by atoms with E-state index in [9.17, 15) is 9.59 Å². The van der Waals surface area contributed by atoms with Crippen molar-refractivity contribution in [1.29, 1.82) is 0 Å². The normalized spacial score (nSPS) is 15.2. The fourth-order valence-corrected chi connectivity index (χ4v) is 5.36. The fourth-order valence-electron chi connectivity index (χ4n) is 5.00. The lowest BCUT2D eigenvalue weighted by atomic mass is 10.0. The van der Waals surface area contributed by atoms with E-state index in [1.54, 1.807) is 55.3 Å². The van der Waals surface area contributed by atoms with Crippen LogP contribution < -0.4 is 14.4 Å². The molecule has 1 saturated heterocycles. The molecule has 0 N–H and O–H groups in total. The Balaban J connectivity index is 1.46. The zero-order valence-electron chi connectivity index (χ0n) is 22.8. The Kier molecular flexibility index (Phi) is 7.89. The number of amides is 2. The molecule has 1 unspecified atom stereocenters. The summed E-state index contributed by atoms with van der Waals surface area (Å²) >= 11 is 3.52. The molecule has 204 valence electrons. The first-order valence-electron chi connectivity index (χ1n) is 12.9. The Morgan fingerprint density at radius 2 is 1.77 bits per heavy atom. The minimum absolute atomic E-state index is 0.148. The van der Waals surface area contributed by atoms with E-state index in [0.717, 1.165) is 15.4 Å². The van der Waals surface area contributed by atoms with Crippen LogP contribution in [0.2, 0.25) is 0 Å². The molecular formula is C32H30BrN3O4. The van der Waals surface area contributed by atoms with Gasteiger partial charge in [-0.05, 0) is 49.2 Å². The van der Waals surface area contributed by atoms with Crippen LogP contribution in [-0.2, 0) is 4.79 Å². The molecule has 1 aliphatic heterocycles. The molecule has 2 amide bonds. The highest BCUT2D eigenvalue weighted by molar-refractivity contribution is 9.10. The zero-order valence-corrected chi connectivity index (χ0v) is 24.4. The van der Waals surface area contributed by atoms with Crippen molar-refractivity contribution in [3.8, 4) is 11.5 Å². The van der Waals surface area contributed by atoms with Gasteiger partial charge in [-0.15, -0.1) is 0 Å². The summed E-state index contributed by atoms with van der Waals surface area (Å²) in [4.78, 5) is 35.5. The molecule has 1 fully saturated rings. The molecule has 0 saturated carbocycles. The van der Waals surface area contributed by atoms with Gasteiger partial charge in [0.1, 0.15) is 17.5 Å². The number of methoxy groups -OCH3 is 2. The van der Waals surface area contributed by atoms with Gasteiger partial charge in [0.25, 0.3) is 5.91 Å². The lowest BCUT2D eigenvalue weighted by Crippen LogP contribution is -2.43. The largest absolute Gasteiger partial charge is 0.497 e. The standard InChI is InChI=1S/C32H30BrN3O4/c1-20-6-5-7-21(14-20)8-10-23-16-28(27-15-22(33)9-11-29(27)34-23)31(37)35(2)30-12-13-36(32(30)38)24-17-25(39-3)19-26(18-24)40-4/h5-11,14-19,30H,12-13H2,1-4H3/b10-8+. The van der Waals surface area contributed by atoms with Crippen LogP contribution in [0.1, 0.15) is 33.6 Å². The Labute approximate surface area is 242 Å². The van der Waals surface area contributed by atoms with Crippen LogP contribution in [0, 0.1) is 6.92 Å². The highest BCUT2D eigenvalue weighted by Crippen LogP contribution is 2.33. The van der Waals surface area contributed by atoms with Crippen molar-refractivity contribution < 1.29 is 19.1 Å². The summed E-state index contributed by atoms with van der Waals surface area (Å²) in [7, 11) is 4.83. The molecule has 3 aromatic carbocycles. The molecule has 4 aromatic rings. The van der Waals surface area contributed by atoms with Crippen molar-refractivity contribution in [1.82, 2.24) is 9.88 Å². The number of halogens is 1. The van der Waals surface area contributed by atoms with E-state index in [2.05, 4.69) is 22.0 Å². The summed E-state index contributed by atoms with van der Waals surface area (Å²) in [5.74, 6) is 0.801. The number of aryl methyl sites for hydroxylation is 1. The average molecular weight is 601 g/mol. The molecule has 8 heteroatoms. The zero-order chi connectivity index (χ0) is 28.4. The number of rotatable bonds is 7. The summed E-state index contributed by atoms with van der Waals surface area (Å²) in [6.45, 7) is 2.52. The predicted molar refractivity (Wildman–Crippen MR) is 162 cm³/mol. The number of hydrogen-bond acceptors (Lipinski definition) is 5. The van der Waals surface area contributed by atoms with Gasteiger partial charge in [-0.3, -0.25) is 9.59 Å². The number of likely N-dealkylation sites (N-methyl/N-ethyl adjacent to an activating group) is 1. The number of fused-ring (bicyclic) bond motifs is 1. The monoisotopic (exact) mass is 599 g/mol. The molecule has 1 aromatic heterocycles. The van der Waals surface area contributed by atoms with Crippen molar-refractivity contribution in [2.75, 3.05) is 32.7 Å². The number of carbonyl (C=O) groups excluding carboxylic acids is 2. The number of ether oxygens (including phenoxy) is 2. The van der Waals surface area contributed by atoms with Gasteiger partial charge < -0.3 is 19.3 Å². The SMILES string of the molecule is COc1cc(OC)cc(N2CCC(N(C)C(=O)c3cc(/C=C/c4cccc(C)c4)nc4ccc(Br)cc34)C2=O)c1. The molecule has 0 spiro atoms. The van der Waals surface area contributed by atoms with Crippen LogP contribution in [0.5, 0.6) is 11.5 Å². The first kappa shape index (κ1) is 27.4. The lowest BCUT2D eigenvalue weighted by Gasteiger charge is -2.25. The Morgan fingerprint density at radius 1 is 1.02 bits per heavy atom. The van der Waals surface area contributed by atoms with Crippen molar-refractivity contribution in [3.63, 3.8) is 0 Å². The van der Waals surface area contributed by atoms with Crippen LogP contribution in [0.3, 0.4) is 0 Å². The summed E-state index contributed by atoms with van der Waals surface area (Å²) < 4.78 is 11.6. The third kappa shape index (κ3) is 5.58. The van der Waals surface area contributed by atoms with E-state index in [-0.39, 0.29) is 11.8 Å². The smallest absolute Gasteiger partial charge is 0.255 e. The van der Waals surface area contributed by atoms with E-state index < -0.39 is 6.04 Å². The third-order valence-electron chi connectivity index (χ3n) is 7.12. The van der Waals surface area contributed by atoms with Crippen molar-refractivity contribution in [3.05, 3.63) is 93.6 Å². The van der Waals surface area contributed by atoms with Crippen LogP contribution in [-0.4, -0.2) is 55.6 Å². The van der Waals surface area contributed by atoms with Crippen molar-refractivity contribution in [2.24, 2.45) is 0 Å². The minimum atomic E-state index is -0.605. The molecule has 0 radical (unpaired) electrons. The molecule has 0 aliphatic carbocycles. The summed E-state index contributed by atoms with van der Waals surface area (Å²) in [6.07, 6.45) is 4.40. The Hall–Kier alpha value is -4.17. The third-order valence-corrected chi connectivity index (χ3v) is 7.62. The molecule has 2 heterocycles. The topological polar surface area (TPSA) is 72.0 Å². The first-order valence-corrected chi connectivity index (χ1v) is 13.7. The van der Waals surface area contributed by atoms with Gasteiger partial charge in [0.15, 0.2) is 0 Å².